The third kappa shape index (κ3) is 5.77. The first-order valence-corrected chi connectivity index (χ1v) is 14.7. The number of fused-ring (bicyclic) bond motifs is 1. The van der Waals surface area contributed by atoms with Gasteiger partial charge in [-0.1, -0.05) is 25.3 Å². The lowest BCUT2D eigenvalue weighted by molar-refractivity contribution is -0.114. The number of nitrogens with one attached hydrogen (secondary N) is 2. The van der Waals surface area contributed by atoms with Gasteiger partial charge in [0.2, 0.25) is 5.91 Å². The van der Waals surface area contributed by atoms with Crippen molar-refractivity contribution in [2.24, 2.45) is 0 Å². The summed E-state index contributed by atoms with van der Waals surface area (Å²) in [6.45, 7) is 9.14. The number of hydrogen-bond donors (Lipinski definition) is 2. The second-order valence-electron chi connectivity index (χ2n) is 11.4. The van der Waals surface area contributed by atoms with Gasteiger partial charge in [-0.25, -0.2) is 0 Å². The number of carbonyl (C=O) groups is 1. The van der Waals surface area contributed by atoms with Crippen LogP contribution >= 0.6 is 0 Å². The minimum Gasteiger partial charge on any atom is -0.489 e. The van der Waals surface area contributed by atoms with Gasteiger partial charge < -0.3 is 19.7 Å². The van der Waals surface area contributed by atoms with Gasteiger partial charge in [-0.2, -0.15) is 5.10 Å². The molecule has 0 spiro atoms. The number of hydrogen-bond acceptors (Lipinski definition) is 6. The van der Waals surface area contributed by atoms with Crippen LogP contribution < -0.4 is 15.0 Å². The molecule has 0 radical (unpaired) electrons. The monoisotopic (exact) mass is 531 g/mol. The molecule has 0 atom stereocenters. The van der Waals surface area contributed by atoms with Crippen molar-refractivity contribution in [2.45, 2.75) is 70.9 Å². The zero-order valence-electron chi connectivity index (χ0n) is 23.3. The maximum atomic E-state index is 12.1. The summed E-state index contributed by atoms with van der Waals surface area (Å²) in [5, 5.41) is 11.8. The molecule has 2 N–H and O–H groups in total. The number of ether oxygens (including phenoxy) is 2. The number of rotatable bonds is 6. The Morgan fingerprint density at radius 3 is 2.51 bits per heavy atom. The minimum atomic E-state index is -0.0505. The van der Waals surface area contributed by atoms with Crippen LogP contribution in [-0.2, 0) is 9.53 Å². The van der Waals surface area contributed by atoms with Crippen molar-refractivity contribution in [1.82, 2.24) is 15.1 Å². The van der Waals surface area contributed by atoms with Crippen molar-refractivity contribution in [1.29, 1.82) is 0 Å². The fourth-order valence-corrected chi connectivity index (χ4v) is 6.54. The predicted octanol–water partition coefficient (Wildman–Crippen LogP) is 5.51. The molecule has 3 heterocycles. The summed E-state index contributed by atoms with van der Waals surface area (Å²) in [5.41, 5.74) is 6.02. The van der Waals surface area contributed by atoms with Crippen LogP contribution in [0.1, 0.15) is 57.6 Å². The highest BCUT2D eigenvalue weighted by molar-refractivity contribution is 5.95. The van der Waals surface area contributed by atoms with Crippen molar-refractivity contribution in [3.63, 3.8) is 0 Å². The lowest BCUT2D eigenvalue weighted by atomic mass is 9.93. The molecule has 1 aliphatic carbocycles. The smallest absolute Gasteiger partial charge is 0.221 e. The van der Waals surface area contributed by atoms with E-state index in [4.69, 9.17) is 9.47 Å². The van der Waals surface area contributed by atoms with Crippen LogP contribution in [0.2, 0.25) is 0 Å². The third-order valence-corrected chi connectivity index (χ3v) is 8.65. The highest BCUT2D eigenvalue weighted by Crippen LogP contribution is 2.38. The first-order chi connectivity index (χ1) is 19.0. The summed E-state index contributed by atoms with van der Waals surface area (Å²) in [6, 6.07) is 11.4. The van der Waals surface area contributed by atoms with Gasteiger partial charge in [0.05, 0.1) is 35.5 Å². The normalized spacial score (nSPS) is 19.9. The van der Waals surface area contributed by atoms with Crippen molar-refractivity contribution < 1.29 is 14.3 Å². The number of amides is 1. The molecule has 6 rings (SSSR count). The molecule has 8 heteroatoms. The molecule has 0 bridgehead atoms. The predicted molar refractivity (Wildman–Crippen MR) is 156 cm³/mol. The number of nitrogens with zero attached hydrogens (tertiary/aromatic N) is 3. The maximum absolute atomic E-state index is 12.1. The van der Waals surface area contributed by atoms with Crippen LogP contribution in [0.25, 0.3) is 22.0 Å². The van der Waals surface area contributed by atoms with E-state index in [0.717, 1.165) is 103 Å². The van der Waals surface area contributed by atoms with E-state index in [0.29, 0.717) is 0 Å². The van der Waals surface area contributed by atoms with E-state index in [9.17, 15) is 4.79 Å². The standard InChI is InChI=1S/C31H41N5O3/c1-21-31-28(34-33-21)18-24(20-30(31)39-26-10-16-38-17-11-26)23-8-9-27(32-22(2)37)29(19-23)36-14-12-35(13-15-36)25-6-4-3-5-7-25/h8-9,18-20,25-26H,3-7,10-17H2,1-2H3,(H,32,37)(H,33,34). The van der Waals surface area contributed by atoms with Gasteiger partial charge >= 0.3 is 0 Å². The SMILES string of the molecule is CC(=O)Nc1ccc(-c2cc(OC3CCOCC3)c3c(C)[nH]nc3c2)cc1N1CCN(C2CCCCC2)CC1. The summed E-state index contributed by atoms with van der Waals surface area (Å²) >= 11 is 0. The molecule has 1 amide bonds. The van der Waals surface area contributed by atoms with Gasteiger partial charge in [0.25, 0.3) is 0 Å². The van der Waals surface area contributed by atoms with Crippen LogP contribution in [0.15, 0.2) is 30.3 Å². The molecule has 8 nitrogen and oxygen atoms in total. The van der Waals surface area contributed by atoms with Crippen molar-refractivity contribution in [3.05, 3.63) is 36.0 Å². The van der Waals surface area contributed by atoms with Gasteiger partial charge in [-0.15, -0.1) is 0 Å². The van der Waals surface area contributed by atoms with E-state index in [-0.39, 0.29) is 12.0 Å². The molecular formula is C31H41N5O3. The Bertz CT molecular complexity index is 1300. The molecule has 2 aromatic carbocycles. The fourth-order valence-electron chi connectivity index (χ4n) is 6.54. The van der Waals surface area contributed by atoms with Crippen LogP contribution in [0, 0.1) is 6.92 Å². The second-order valence-corrected chi connectivity index (χ2v) is 11.4. The molecule has 3 fully saturated rings. The fraction of sp³-hybridized carbons (Fsp3) is 0.548. The number of piperazine rings is 1. The number of aryl methyl sites for hydroxylation is 1. The molecule has 2 saturated heterocycles. The van der Waals surface area contributed by atoms with Crippen LogP contribution in [0.5, 0.6) is 5.75 Å². The largest absolute Gasteiger partial charge is 0.489 e. The Kier molecular flexibility index (Phi) is 7.75. The zero-order chi connectivity index (χ0) is 26.8. The van der Waals surface area contributed by atoms with E-state index in [1.165, 1.54) is 32.1 Å². The topological polar surface area (TPSA) is 82.7 Å². The summed E-state index contributed by atoms with van der Waals surface area (Å²) in [4.78, 5) is 17.2. The van der Waals surface area contributed by atoms with Gasteiger partial charge in [0.1, 0.15) is 11.9 Å². The van der Waals surface area contributed by atoms with E-state index in [1.807, 2.05) is 13.0 Å². The molecule has 1 saturated carbocycles. The average Bonchev–Trinajstić information content (AvgIpc) is 3.35. The number of anilines is 2. The number of H-pyrrole nitrogens is 1. The Balaban J connectivity index is 1.30. The average molecular weight is 532 g/mol. The van der Waals surface area contributed by atoms with Gasteiger partial charge in [0.15, 0.2) is 0 Å². The highest BCUT2D eigenvalue weighted by atomic mass is 16.5. The van der Waals surface area contributed by atoms with E-state index in [1.54, 1.807) is 6.92 Å². The van der Waals surface area contributed by atoms with Crippen molar-refractivity contribution in [3.8, 4) is 16.9 Å². The van der Waals surface area contributed by atoms with Gasteiger partial charge in [-0.3, -0.25) is 14.8 Å². The molecule has 3 aliphatic rings. The third-order valence-electron chi connectivity index (χ3n) is 8.65. The summed E-state index contributed by atoms with van der Waals surface area (Å²) in [6.07, 6.45) is 8.70. The Hall–Kier alpha value is -3.10. The summed E-state index contributed by atoms with van der Waals surface area (Å²) in [5.74, 6) is 0.819. The molecule has 2 aliphatic heterocycles. The zero-order valence-corrected chi connectivity index (χ0v) is 23.3. The van der Waals surface area contributed by atoms with Crippen molar-refractivity contribution >= 4 is 28.2 Å². The second kappa shape index (κ2) is 11.6. The minimum absolute atomic E-state index is 0.0505. The van der Waals surface area contributed by atoms with Crippen LogP contribution in [0.4, 0.5) is 11.4 Å². The van der Waals surface area contributed by atoms with Crippen molar-refractivity contribution in [2.75, 3.05) is 49.6 Å². The van der Waals surface area contributed by atoms with Gasteiger partial charge in [-0.05, 0) is 55.2 Å². The van der Waals surface area contributed by atoms with E-state index >= 15 is 0 Å². The Morgan fingerprint density at radius 2 is 1.77 bits per heavy atom. The van der Waals surface area contributed by atoms with Crippen LogP contribution in [0.3, 0.4) is 0 Å². The molecule has 208 valence electrons. The highest BCUT2D eigenvalue weighted by Gasteiger charge is 2.27. The lowest BCUT2D eigenvalue weighted by Crippen LogP contribution is -2.51. The van der Waals surface area contributed by atoms with Gasteiger partial charge in [0, 0.05) is 57.7 Å². The summed E-state index contributed by atoms with van der Waals surface area (Å²) < 4.78 is 12.1. The summed E-state index contributed by atoms with van der Waals surface area (Å²) in [7, 11) is 0. The lowest BCUT2D eigenvalue weighted by Gasteiger charge is -2.42. The van der Waals surface area contributed by atoms with E-state index in [2.05, 4.69) is 49.6 Å². The molecule has 39 heavy (non-hydrogen) atoms. The quantitative estimate of drug-likeness (QED) is 0.437. The molecule has 1 aromatic heterocycles. The molecule has 3 aromatic rings. The number of aromatic nitrogens is 2. The first kappa shape index (κ1) is 26.1. The Labute approximate surface area is 231 Å². The van der Waals surface area contributed by atoms with Crippen LogP contribution in [-0.4, -0.2) is 72.5 Å². The number of aromatic amines is 1. The van der Waals surface area contributed by atoms with E-state index < -0.39 is 0 Å². The molecular weight excluding hydrogens is 490 g/mol. The number of benzene rings is 2. The maximum Gasteiger partial charge on any atom is 0.221 e. The Morgan fingerprint density at radius 1 is 1.00 bits per heavy atom. The first-order valence-electron chi connectivity index (χ1n) is 14.7. The molecule has 0 unspecified atom stereocenters. The number of carbonyl (C=O) groups excluding carboxylic acids is 1.